The van der Waals surface area contributed by atoms with Crippen molar-refractivity contribution in [2.75, 3.05) is 37.1 Å². The van der Waals surface area contributed by atoms with E-state index >= 15 is 0 Å². The first-order chi connectivity index (χ1) is 20.3. The highest BCUT2D eigenvalue weighted by Crippen LogP contribution is 2.29. The molecule has 3 aromatic rings. The lowest BCUT2D eigenvalue weighted by atomic mass is 10.1. The maximum atomic E-state index is 13.8. The van der Waals surface area contributed by atoms with Crippen LogP contribution in [0.5, 0.6) is 11.5 Å². The van der Waals surface area contributed by atoms with Gasteiger partial charge in [-0.3, -0.25) is 14.5 Å². The third-order valence-electron chi connectivity index (χ3n) is 6.75. The average Bonchev–Trinajstić information content (AvgIpc) is 3.23. The summed E-state index contributed by atoms with van der Waals surface area (Å²) in [4.78, 5) is 42.2. The highest BCUT2D eigenvalue weighted by molar-refractivity contribution is 7.80. The van der Waals surface area contributed by atoms with Crippen molar-refractivity contribution in [2.45, 2.75) is 39.2 Å². The molecule has 10 heteroatoms. The molecule has 4 rings (SSSR count). The second-order valence-electron chi connectivity index (χ2n) is 9.66. The molecule has 9 nitrogen and oxygen atoms in total. The predicted molar refractivity (Wildman–Crippen MR) is 165 cm³/mol. The largest absolute Gasteiger partial charge is 0.497 e. The Morgan fingerprint density at radius 1 is 0.929 bits per heavy atom. The smallest absolute Gasteiger partial charge is 0.338 e. The van der Waals surface area contributed by atoms with Gasteiger partial charge in [-0.1, -0.05) is 19.1 Å². The molecule has 0 bridgehead atoms. The van der Waals surface area contributed by atoms with Crippen molar-refractivity contribution in [3.63, 3.8) is 0 Å². The second-order valence-corrected chi connectivity index (χ2v) is 10.0. The van der Waals surface area contributed by atoms with Crippen LogP contribution in [0.15, 0.2) is 72.8 Å². The van der Waals surface area contributed by atoms with Crippen LogP contribution in [0.1, 0.15) is 42.6 Å². The summed E-state index contributed by atoms with van der Waals surface area (Å²) in [6.45, 7) is 5.07. The van der Waals surface area contributed by atoms with Crippen LogP contribution in [0.2, 0.25) is 0 Å². The Labute approximate surface area is 251 Å². The molecule has 3 aromatic carbocycles. The summed E-state index contributed by atoms with van der Waals surface area (Å²) in [7, 11) is 1.61. The van der Waals surface area contributed by atoms with Crippen LogP contribution in [-0.2, 0) is 20.7 Å². The van der Waals surface area contributed by atoms with E-state index in [9.17, 15) is 14.4 Å². The number of nitrogens with one attached hydrogen (secondary N) is 1. The number of anilines is 2. The SMILES string of the molecule is CCCOc1ccc(NC(=O)CC2C(=O)N(c3ccc(C(=O)OCC)cc3)C(=S)N2CCc2ccc(OC)cc2)cc1. The van der Waals surface area contributed by atoms with Gasteiger partial charge in [-0.25, -0.2) is 4.79 Å². The van der Waals surface area contributed by atoms with Crippen molar-refractivity contribution in [2.24, 2.45) is 0 Å². The zero-order valence-corrected chi connectivity index (χ0v) is 24.8. The number of amides is 2. The molecule has 1 atom stereocenters. The van der Waals surface area contributed by atoms with E-state index in [-0.39, 0.29) is 24.8 Å². The number of thiocarbonyl (C=S) groups is 1. The van der Waals surface area contributed by atoms with Crippen LogP contribution in [0.3, 0.4) is 0 Å². The minimum Gasteiger partial charge on any atom is -0.497 e. The molecule has 1 N–H and O–H groups in total. The molecule has 1 fully saturated rings. The van der Waals surface area contributed by atoms with E-state index in [0.717, 1.165) is 23.5 Å². The van der Waals surface area contributed by atoms with Crippen molar-refractivity contribution in [1.82, 2.24) is 4.90 Å². The van der Waals surface area contributed by atoms with Crippen LogP contribution in [-0.4, -0.2) is 60.7 Å². The monoisotopic (exact) mass is 589 g/mol. The number of esters is 1. The van der Waals surface area contributed by atoms with Gasteiger partial charge in [0, 0.05) is 12.2 Å². The number of rotatable bonds is 13. The summed E-state index contributed by atoms with van der Waals surface area (Å²) >= 11 is 5.78. The molecule has 0 aliphatic carbocycles. The fourth-order valence-corrected chi connectivity index (χ4v) is 4.98. The number of ether oxygens (including phenoxy) is 3. The van der Waals surface area contributed by atoms with Gasteiger partial charge in [-0.15, -0.1) is 0 Å². The van der Waals surface area contributed by atoms with Gasteiger partial charge >= 0.3 is 5.97 Å². The maximum absolute atomic E-state index is 13.8. The fourth-order valence-electron chi connectivity index (χ4n) is 4.57. The third-order valence-corrected chi connectivity index (χ3v) is 7.16. The van der Waals surface area contributed by atoms with Gasteiger partial charge in [0.1, 0.15) is 17.5 Å². The Morgan fingerprint density at radius 3 is 2.21 bits per heavy atom. The summed E-state index contributed by atoms with van der Waals surface area (Å²) in [5, 5.41) is 3.18. The fraction of sp³-hybridized carbons (Fsp3) is 0.312. The standard InChI is InChI=1S/C32H35N3O6S/c1-4-20-41-27-16-10-24(11-17-27)33-29(36)21-28-30(37)35(25-12-8-23(9-13-25)31(38)40-5-2)32(42)34(28)19-18-22-6-14-26(39-3)15-7-22/h6-17,28H,4-5,18-21H2,1-3H3,(H,33,36). The summed E-state index contributed by atoms with van der Waals surface area (Å²) in [5.41, 5.74) is 2.53. The highest BCUT2D eigenvalue weighted by Gasteiger charge is 2.44. The van der Waals surface area contributed by atoms with E-state index in [0.29, 0.717) is 41.6 Å². The minimum absolute atomic E-state index is 0.0902. The van der Waals surface area contributed by atoms with Crippen molar-refractivity contribution in [3.8, 4) is 11.5 Å². The Morgan fingerprint density at radius 2 is 1.60 bits per heavy atom. The molecule has 0 saturated carbocycles. The van der Waals surface area contributed by atoms with Gasteiger partial charge in [0.2, 0.25) is 5.91 Å². The Balaban J connectivity index is 1.52. The molecule has 2 amide bonds. The quantitative estimate of drug-likeness (QED) is 0.214. The molecular formula is C32H35N3O6S. The summed E-state index contributed by atoms with van der Waals surface area (Å²) < 4.78 is 15.9. The molecule has 1 aliphatic rings. The van der Waals surface area contributed by atoms with Gasteiger partial charge < -0.3 is 24.4 Å². The average molecular weight is 590 g/mol. The first-order valence-corrected chi connectivity index (χ1v) is 14.3. The van der Waals surface area contributed by atoms with Crippen LogP contribution >= 0.6 is 12.2 Å². The second kappa shape index (κ2) is 14.5. The lowest BCUT2D eigenvalue weighted by Gasteiger charge is -2.24. The number of benzene rings is 3. The molecule has 42 heavy (non-hydrogen) atoms. The summed E-state index contributed by atoms with van der Waals surface area (Å²) in [5.74, 6) is 0.410. The van der Waals surface area contributed by atoms with Gasteiger partial charge in [0.05, 0.1) is 38.0 Å². The number of hydrogen-bond donors (Lipinski definition) is 1. The lowest BCUT2D eigenvalue weighted by Crippen LogP contribution is -2.39. The van der Waals surface area contributed by atoms with Gasteiger partial charge in [-0.05, 0) is 98.2 Å². The van der Waals surface area contributed by atoms with Crippen LogP contribution < -0.4 is 19.7 Å². The van der Waals surface area contributed by atoms with Gasteiger partial charge in [-0.2, -0.15) is 0 Å². The van der Waals surface area contributed by atoms with Crippen molar-refractivity contribution >= 4 is 46.5 Å². The lowest BCUT2D eigenvalue weighted by molar-refractivity contribution is -0.124. The predicted octanol–water partition coefficient (Wildman–Crippen LogP) is 5.23. The van der Waals surface area contributed by atoms with Crippen LogP contribution in [0.25, 0.3) is 0 Å². The Bertz CT molecular complexity index is 1390. The number of carbonyl (C=O) groups excluding carboxylic acids is 3. The first kappa shape index (κ1) is 30.5. The minimum atomic E-state index is -0.798. The van der Waals surface area contributed by atoms with E-state index < -0.39 is 12.0 Å². The molecule has 0 aromatic heterocycles. The first-order valence-electron chi connectivity index (χ1n) is 13.9. The number of hydrogen-bond acceptors (Lipinski definition) is 7. The normalized spacial score (nSPS) is 14.6. The van der Waals surface area contributed by atoms with Gasteiger partial charge in [0.25, 0.3) is 5.91 Å². The highest BCUT2D eigenvalue weighted by atomic mass is 32.1. The van der Waals surface area contributed by atoms with Crippen molar-refractivity contribution in [1.29, 1.82) is 0 Å². The van der Waals surface area contributed by atoms with E-state index in [1.807, 2.05) is 31.2 Å². The van der Waals surface area contributed by atoms with Crippen LogP contribution in [0, 0.1) is 0 Å². The maximum Gasteiger partial charge on any atom is 0.338 e. The molecule has 1 heterocycles. The zero-order chi connectivity index (χ0) is 30.1. The van der Waals surface area contributed by atoms with E-state index in [2.05, 4.69) is 5.32 Å². The zero-order valence-electron chi connectivity index (χ0n) is 24.0. The van der Waals surface area contributed by atoms with E-state index in [1.54, 1.807) is 67.5 Å². The molecule has 0 radical (unpaired) electrons. The third kappa shape index (κ3) is 7.44. The number of carbonyl (C=O) groups is 3. The van der Waals surface area contributed by atoms with E-state index in [1.165, 1.54) is 4.90 Å². The molecule has 0 spiro atoms. The van der Waals surface area contributed by atoms with Crippen LogP contribution in [0.4, 0.5) is 11.4 Å². The molecule has 1 unspecified atom stereocenters. The number of methoxy groups -OCH3 is 1. The van der Waals surface area contributed by atoms with Crippen molar-refractivity contribution in [3.05, 3.63) is 83.9 Å². The van der Waals surface area contributed by atoms with Crippen molar-refractivity contribution < 1.29 is 28.6 Å². The molecular weight excluding hydrogens is 554 g/mol. The Kier molecular flexibility index (Phi) is 10.5. The summed E-state index contributed by atoms with van der Waals surface area (Å²) in [6, 6.07) is 20.5. The van der Waals surface area contributed by atoms with Gasteiger partial charge in [0.15, 0.2) is 5.11 Å². The summed E-state index contributed by atoms with van der Waals surface area (Å²) in [6.07, 6.45) is 1.41. The molecule has 220 valence electrons. The Hall–Kier alpha value is -4.44. The molecule has 1 saturated heterocycles. The molecule has 1 aliphatic heterocycles. The van der Waals surface area contributed by atoms with E-state index in [4.69, 9.17) is 26.4 Å². The number of nitrogens with zero attached hydrogens (tertiary/aromatic N) is 2. The topological polar surface area (TPSA) is 97.4 Å².